The van der Waals surface area contributed by atoms with E-state index in [1.165, 1.54) is 0 Å². The van der Waals surface area contributed by atoms with E-state index in [0.717, 1.165) is 65.9 Å². The zero-order valence-corrected chi connectivity index (χ0v) is 13.0. The first kappa shape index (κ1) is 13.7. The van der Waals surface area contributed by atoms with Crippen molar-refractivity contribution in [1.29, 1.82) is 0 Å². The van der Waals surface area contributed by atoms with E-state index in [-0.39, 0.29) is 11.3 Å². The second-order valence-electron chi connectivity index (χ2n) is 6.39. The third kappa shape index (κ3) is 1.80. The van der Waals surface area contributed by atoms with Crippen molar-refractivity contribution in [2.45, 2.75) is 31.1 Å². The van der Waals surface area contributed by atoms with Crippen molar-refractivity contribution in [1.82, 2.24) is 10.3 Å². The van der Waals surface area contributed by atoms with Crippen molar-refractivity contribution in [3.8, 4) is 0 Å². The Morgan fingerprint density at radius 2 is 2.14 bits per heavy atom. The Morgan fingerprint density at radius 3 is 2.77 bits per heavy atom. The number of allylic oxidation sites excluding steroid dienone is 4. The molecule has 1 saturated carbocycles. The van der Waals surface area contributed by atoms with Gasteiger partial charge in [-0.2, -0.15) is 0 Å². The highest BCUT2D eigenvalue weighted by Gasteiger charge is 2.51. The van der Waals surface area contributed by atoms with Crippen LogP contribution in [0.15, 0.2) is 29.5 Å². The number of aromatic amines is 1. The van der Waals surface area contributed by atoms with Gasteiger partial charge in [-0.1, -0.05) is 18.2 Å². The van der Waals surface area contributed by atoms with Gasteiger partial charge in [0.2, 0.25) is 0 Å². The van der Waals surface area contributed by atoms with E-state index in [1.807, 2.05) is 6.08 Å². The van der Waals surface area contributed by atoms with Gasteiger partial charge in [0, 0.05) is 28.3 Å². The van der Waals surface area contributed by atoms with Crippen molar-refractivity contribution >= 4 is 23.1 Å². The number of H-pyrrole nitrogens is 1. The Bertz CT molecular complexity index is 765. The molecule has 0 radical (unpaired) electrons. The molecule has 5 heteroatoms. The number of nitrogens with one attached hydrogen (secondary N) is 2. The summed E-state index contributed by atoms with van der Waals surface area (Å²) in [5.74, 6) is 0.0363. The van der Waals surface area contributed by atoms with Crippen LogP contribution in [0.5, 0.6) is 0 Å². The molecule has 1 spiro atoms. The predicted octanol–water partition coefficient (Wildman–Crippen LogP) is 2.71. The zero-order chi connectivity index (χ0) is 15.5. The number of rotatable bonds is 1. The molecule has 1 fully saturated rings. The highest BCUT2D eigenvalue weighted by atomic mass is 35.5. The molecule has 4 N–H and O–H groups in total. The average Bonchev–Trinajstić information content (AvgIpc) is 3.15. The Labute approximate surface area is 134 Å². The van der Waals surface area contributed by atoms with Crippen molar-refractivity contribution < 1.29 is 4.79 Å². The van der Waals surface area contributed by atoms with Gasteiger partial charge in [0.1, 0.15) is 0 Å². The van der Waals surface area contributed by atoms with E-state index < -0.39 is 0 Å². The fourth-order valence-corrected chi connectivity index (χ4v) is 3.83. The molecule has 1 aromatic heterocycles. The highest BCUT2D eigenvalue weighted by molar-refractivity contribution is 6.31. The van der Waals surface area contributed by atoms with Crippen molar-refractivity contribution in [3.05, 3.63) is 52.0 Å². The Hall–Kier alpha value is -1.94. The maximum Gasteiger partial charge on any atom is 0.253 e. The third-order valence-electron chi connectivity index (χ3n) is 5.06. The summed E-state index contributed by atoms with van der Waals surface area (Å²) >= 11 is 5.99. The average molecular weight is 316 g/mol. The number of carbonyl (C=O) groups excluding carboxylic acids is 1. The lowest BCUT2D eigenvalue weighted by Gasteiger charge is -2.23. The molecule has 3 aliphatic rings. The van der Waals surface area contributed by atoms with Gasteiger partial charge in [-0.05, 0) is 49.1 Å². The smallest absolute Gasteiger partial charge is 0.253 e. The lowest BCUT2D eigenvalue weighted by Crippen LogP contribution is -2.39. The molecule has 4 nitrogen and oxygen atoms in total. The molecule has 1 amide bonds. The number of aromatic nitrogens is 1. The highest BCUT2D eigenvalue weighted by Crippen LogP contribution is 2.52. The summed E-state index contributed by atoms with van der Waals surface area (Å²) in [4.78, 5) is 15.9. The fourth-order valence-electron chi connectivity index (χ4n) is 3.72. The summed E-state index contributed by atoms with van der Waals surface area (Å²) in [6.07, 6.45) is 7.34. The van der Waals surface area contributed by atoms with Crippen LogP contribution in [0.4, 0.5) is 0 Å². The first-order valence-electron chi connectivity index (χ1n) is 7.57. The summed E-state index contributed by atoms with van der Waals surface area (Å²) in [6.45, 7) is 4.49. The van der Waals surface area contributed by atoms with Gasteiger partial charge in [0.05, 0.1) is 11.3 Å². The van der Waals surface area contributed by atoms with E-state index in [1.54, 1.807) is 6.20 Å². The van der Waals surface area contributed by atoms with Crippen LogP contribution in [0.25, 0.3) is 5.57 Å². The summed E-state index contributed by atoms with van der Waals surface area (Å²) in [6, 6.07) is 0. The lowest BCUT2D eigenvalue weighted by atomic mass is 9.84. The largest absolute Gasteiger partial charge is 0.404 e. The van der Waals surface area contributed by atoms with Crippen molar-refractivity contribution in [2.75, 3.05) is 6.54 Å². The van der Waals surface area contributed by atoms with Crippen molar-refractivity contribution in [3.63, 3.8) is 0 Å². The molecule has 2 aliphatic carbocycles. The minimum absolute atomic E-state index is 0.0363. The van der Waals surface area contributed by atoms with Gasteiger partial charge in [0.15, 0.2) is 0 Å². The van der Waals surface area contributed by atoms with E-state index in [0.29, 0.717) is 5.03 Å². The molecule has 2 heterocycles. The molecule has 1 aliphatic heterocycles. The number of fused-ring (bicyclic) bond motifs is 4. The Morgan fingerprint density at radius 1 is 1.36 bits per heavy atom. The van der Waals surface area contributed by atoms with E-state index in [2.05, 4.69) is 16.9 Å². The monoisotopic (exact) mass is 315 g/mol. The maximum absolute atomic E-state index is 12.4. The normalized spacial score (nSPS) is 25.0. The second-order valence-corrected chi connectivity index (χ2v) is 6.87. The second kappa shape index (κ2) is 4.53. The molecule has 0 unspecified atom stereocenters. The SMILES string of the molecule is C=C(Cl)C=C1/C(=C\N)CCc2c1[nH]c1c2C(=O)NCC12CC2. The summed E-state index contributed by atoms with van der Waals surface area (Å²) in [7, 11) is 0. The van der Waals surface area contributed by atoms with Crippen LogP contribution < -0.4 is 11.1 Å². The first-order chi connectivity index (χ1) is 10.6. The molecule has 0 aromatic carbocycles. The number of nitrogens with two attached hydrogens (primary N) is 1. The molecule has 4 rings (SSSR count). The molecule has 0 atom stereocenters. The van der Waals surface area contributed by atoms with Gasteiger partial charge in [-0.15, -0.1) is 0 Å². The molecule has 22 heavy (non-hydrogen) atoms. The summed E-state index contributed by atoms with van der Waals surface area (Å²) < 4.78 is 0. The van der Waals surface area contributed by atoms with Gasteiger partial charge >= 0.3 is 0 Å². The number of amides is 1. The lowest BCUT2D eigenvalue weighted by molar-refractivity contribution is 0.0936. The first-order valence-corrected chi connectivity index (χ1v) is 7.95. The van der Waals surface area contributed by atoms with E-state index in [9.17, 15) is 4.79 Å². The number of hydrogen-bond donors (Lipinski definition) is 3. The number of hydrogen-bond acceptors (Lipinski definition) is 2. The van der Waals surface area contributed by atoms with Crippen LogP contribution in [-0.4, -0.2) is 17.4 Å². The molecule has 0 bridgehead atoms. The Kier molecular flexibility index (Phi) is 2.82. The van der Waals surface area contributed by atoms with E-state index >= 15 is 0 Å². The molecular weight excluding hydrogens is 298 g/mol. The van der Waals surface area contributed by atoms with E-state index in [4.69, 9.17) is 17.3 Å². The van der Waals surface area contributed by atoms with Crippen LogP contribution in [0, 0.1) is 0 Å². The fraction of sp³-hybridized carbons (Fsp3) is 0.353. The quantitative estimate of drug-likeness (QED) is 0.745. The molecule has 1 aromatic rings. The minimum Gasteiger partial charge on any atom is -0.404 e. The van der Waals surface area contributed by atoms with Crippen molar-refractivity contribution in [2.24, 2.45) is 5.73 Å². The zero-order valence-electron chi connectivity index (χ0n) is 12.3. The van der Waals surface area contributed by atoms with Crippen LogP contribution in [-0.2, 0) is 11.8 Å². The van der Waals surface area contributed by atoms with Crippen LogP contribution in [0.1, 0.15) is 46.6 Å². The van der Waals surface area contributed by atoms with Crippen LogP contribution in [0.3, 0.4) is 0 Å². The maximum atomic E-state index is 12.4. The van der Waals surface area contributed by atoms with Gasteiger partial charge in [-0.25, -0.2) is 0 Å². The third-order valence-corrected chi connectivity index (χ3v) is 5.17. The summed E-state index contributed by atoms with van der Waals surface area (Å²) in [5.41, 5.74) is 11.9. The Balaban J connectivity index is 1.95. The topological polar surface area (TPSA) is 70.9 Å². The summed E-state index contributed by atoms with van der Waals surface area (Å²) in [5, 5.41) is 3.51. The molecule has 0 saturated heterocycles. The van der Waals surface area contributed by atoms with Gasteiger partial charge in [0.25, 0.3) is 5.91 Å². The number of halogens is 1. The van der Waals surface area contributed by atoms with Gasteiger partial charge < -0.3 is 16.0 Å². The standard InChI is InChI=1S/C17H18ClN3O/c1-9(18)6-12-10(7-19)2-3-11-13-15(21-14(11)12)17(4-5-17)8-20-16(13)22/h6-7,21H,1-5,8,19H2,(H,20,22)/b10-7-,12-6?. The number of carbonyl (C=O) groups is 1. The predicted molar refractivity (Wildman–Crippen MR) is 87.6 cm³/mol. The van der Waals surface area contributed by atoms with Crippen LogP contribution in [0.2, 0.25) is 0 Å². The van der Waals surface area contributed by atoms with Gasteiger partial charge in [-0.3, -0.25) is 4.79 Å². The van der Waals surface area contributed by atoms with Crippen LogP contribution >= 0.6 is 11.6 Å². The minimum atomic E-state index is 0.0363. The molecule has 114 valence electrons. The molecular formula is C17H18ClN3O.